The third-order valence-electron chi connectivity index (χ3n) is 8.49. The topological polar surface area (TPSA) is 59.0 Å². The molecular weight excluding hydrogens is 508 g/mol. The molecule has 1 saturated carbocycles. The number of fused-ring (bicyclic) bond motifs is 4. The number of alkyl halides is 3. The Morgan fingerprint density at radius 3 is 2.56 bits per heavy atom. The van der Waals surface area contributed by atoms with Crippen LogP contribution in [0.4, 0.5) is 28.0 Å². The van der Waals surface area contributed by atoms with Gasteiger partial charge in [0.05, 0.1) is 23.5 Å². The van der Waals surface area contributed by atoms with Gasteiger partial charge in [-0.1, -0.05) is 42.3 Å². The molecule has 1 fully saturated rings. The number of carbonyl (C=O) groups is 1. The summed E-state index contributed by atoms with van der Waals surface area (Å²) in [5.74, 6) is -2.43. The molecule has 1 unspecified atom stereocenters. The fourth-order valence-electron chi connectivity index (χ4n) is 6.61. The minimum Gasteiger partial charge on any atom is -0.334 e. The lowest BCUT2D eigenvalue weighted by Crippen LogP contribution is -2.56. The summed E-state index contributed by atoms with van der Waals surface area (Å²) >= 11 is 0. The average molecular weight is 537 g/mol. The molecule has 3 aliphatic carbocycles. The van der Waals surface area contributed by atoms with Crippen molar-refractivity contribution in [1.29, 1.82) is 0 Å². The number of rotatable bonds is 3. The van der Waals surface area contributed by atoms with Crippen LogP contribution in [0.15, 0.2) is 78.0 Å². The number of halogens is 4. The summed E-state index contributed by atoms with van der Waals surface area (Å²) in [6, 6.07) is 13.1. The summed E-state index contributed by atoms with van der Waals surface area (Å²) in [5, 5.41) is 9.93. The van der Waals surface area contributed by atoms with Crippen LogP contribution in [0.5, 0.6) is 0 Å². The van der Waals surface area contributed by atoms with Gasteiger partial charge in [0.15, 0.2) is 0 Å². The fourth-order valence-corrected chi connectivity index (χ4v) is 6.61. The smallest absolute Gasteiger partial charge is 0.334 e. The number of aromatic nitrogens is 2. The number of nitrogens with one attached hydrogen (secondary N) is 2. The van der Waals surface area contributed by atoms with E-state index in [1.54, 1.807) is 59.4 Å². The third kappa shape index (κ3) is 4.53. The summed E-state index contributed by atoms with van der Waals surface area (Å²) in [6.45, 7) is 2.09. The highest BCUT2D eigenvalue weighted by atomic mass is 19.4. The van der Waals surface area contributed by atoms with E-state index in [2.05, 4.69) is 28.7 Å². The minimum absolute atomic E-state index is 0.184. The van der Waals surface area contributed by atoms with Gasteiger partial charge in [-0.3, -0.25) is 0 Å². The van der Waals surface area contributed by atoms with Gasteiger partial charge in [-0.15, -0.1) is 0 Å². The predicted molar refractivity (Wildman–Crippen MR) is 141 cm³/mol. The van der Waals surface area contributed by atoms with Crippen LogP contribution in [0, 0.1) is 23.1 Å². The number of amides is 2. The number of hydrogen-bond acceptors (Lipinski definition) is 2. The second-order valence-electron chi connectivity index (χ2n) is 10.8. The number of benzene rings is 2. The highest BCUT2D eigenvalue weighted by Crippen LogP contribution is 2.57. The molecule has 1 heterocycles. The Balaban J connectivity index is 1.31. The van der Waals surface area contributed by atoms with Crippen LogP contribution in [-0.4, -0.2) is 28.0 Å². The summed E-state index contributed by atoms with van der Waals surface area (Å²) in [7, 11) is 0. The molecule has 2 aromatic carbocycles. The molecule has 2 amide bonds. The minimum atomic E-state index is -4.44. The molecule has 0 aliphatic heterocycles. The predicted octanol–water partition coefficient (Wildman–Crippen LogP) is 7.07. The van der Waals surface area contributed by atoms with E-state index in [0.717, 1.165) is 28.1 Å². The van der Waals surface area contributed by atoms with Crippen LogP contribution >= 0.6 is 0 Å². The number of carbonyl (C=O) groups excluding carboxylic acids is 1. The second kappa shape index (κ2) is 9.39. The monoisotopic (exact) mass is 536 g/mol. The molecular formula is C30H28F4N4O. The zero-order chi connectivity index (χ0) is 27.4. The Labute approximate surface area is 223 Å². The first-order chi connectivity index (χ1) is 18.6. The first-order valence-electron chi connectivity index (χ1n) is 13.1. The maximum Gasteiger partial charge on any atom is 0.394 e. The molecule has 3 aromatic rings. The molecule has 9 heteroatoms. The van der Waals surface area contributed by atoms with Crippen molar-refractivity contribution in [3.8, 4) is 5.69 Å². The number of nitrogens with zero attached hydrogens (tertiary/aromatic N) is 2. The van der Waals surface area contributed by atoms with E-state index in [9.17, 15) is 22.4 Å². The van der Waals surface area contributed by atoms with E-state index >= 15 is 0 Å². The lowest BCUT2D eigenvalue weighted by molar-refractivity contribution is -0.186. The van der Waals surface area contributed by atoms with Crippen LogP contribution in [0.3, 0.4) is 0 Å². The number of hydrogen-bond donors (Lipinski definition) is 2. The fraction of sp³-hybridized carbons (Fsp3) is 0.333. The summed E-state index contributed by atoms with van der Waals surface area (Å²) < 4.78 is 57.8. The summed E-state index contributed by atoms with van der Waals surface area (Å²) in [6.07, 6.45) is 2.70. The first kappa shape index (κ1) is 25.4. The van der Waals surface area contributed by atoms with Gasteiger partial charge in [0, 0.05) is 23.1 Å². The quantitative estimate of drug-likeness (QED) is 0.278. The van der Waals surface area contributed by atoms with Crippen molar-refractivity contribution < 1.29 is 22.4 Å². The van der Waals surface area contributed by atoms with Gasteiger partial charge in [0.2, 0.25) is 0 Å². The molecule has 0 radical (unpaired) electrons. The van der Waals surface area contributed by atoms with Crippen LogP contribution in [-0.2, 0) is 6.42 Å². The SMILES string of the molecule is C[C@]12Cc3cnn(-c4ccc(F)cc4)c3C=C1CCC1C2=CC[C@@H](C(F)(F)F)[C@@H]1NC(=O)Nc1ccccc1. The van der Waals surface area contributed by atoms with Crippen LogP contribution in [0.2, 0.25) is 0 Å². The van der Waals surface area contributed by atoms with Gasteiger partial charge in [-0.25, -0.2) is 13.9 Å². The van der Waals surface area contributed by atoms with E-state index in [4.69, 9.17) is 0 Å². The van der Waals surface area contributed by atoms with Crippen molar-refractivity contribution in [1.82, 2.24) is 15.1 Å². The molecule has 39 heavy (non-hydrogen) atoms. The maximum absolute atomic E-state index is 14.2. The van der Waals surface area contributed by atoms with Crippen molar-refractivity contribution in [2.45, 2.75) is 44.8 Å². The first-order valence-corrected chi connectivity index (χ1v) is 13.1. The van der Waals surface area contributed by atoms with E-state index in [1.165, 1.54) is 12.1 Å². The summed E-state index contributed by atoms with van der Waals surface area (Å²) in [5.41, 5.74) is 4.77. The molecule has 0 spiro atoms. The lowest BCUT2D eigenvalue weighted by atomic mass is 9.55. The number of urea groups is 1. The lowest BCUT2D eigenvalue weighted by Gasteiger charge is -2.51. The maximum atomic E-state index is 14.2. The second-order valence-corrected chi connectivity index (χ2v) is 10.8. The van der Waals surface area contributed by atoms with Gasteiger partial charge in [0.25, 0.3) is 0 Å². The normalized spacial score (nSPS) is 25.9. The zero-order valence-electron chi connectivity index (χ0n) is 21.3. The molecule has 2 N–H and O–H groups in total. The van der Waals surface area contributed by atoms with Gasteiger partial charge in [-0.2, -0.15) is 18.3 Å². The average Bonchev–Trinajstić information content (AvgIpc) is 3.29. The van der Waals surface area contributed by atoms with E-state index in [1.807, 2.05) is 0 Å². The Kier molecular flexibility index (Phi) is 6.12. The Morgan fingerprint density at radius 2 is 1.85 bits per heavy atom. The zero-order valence-corrected chi connectivity index (χ0v) is 21.3. The Bertz CT molecular complexity index is 1460. The number of para-hydroxylation sites is 1. The van der Waals surface area contributed by atoms with Crippen molar-refractivity contribution in [3.63, 3.8) is 0 Å². The van der Waals surface area contributed by atoms with Crippen molar-refractivity contribution in [3.05, 3.63) is 95.1 Å². The van der Waals surface area contributed by atoms with Crippen molar-refractivity contribution >= 4 is 17.8 Å². The van der Waals surface area contributed by atoms with Crippen molar-refractivity contribution in [2.24, 2.45) is 17.3 Å². The van der Waals surface area contributed by atoms with E-state index in [-0.39, 0.29) is 12.2 Å². The van der Waals surface area contributed by atoms with Crippen molar-refractivity contribution in [2.75, 3.05) is 5.32 Å². The third-order valence-corrected chi connectivity index (χ3v) is 8.49. The van der Waals surface area contributed by atoms with Gasteiger partial charge in [0.1, 0.15) is 5.82 Å². The highest BCUT2D eigenvalue weighted by molar-refractivity contribution is 5.89. The Hall–Kier alpha value is -3.88. The highest BCUT2D eigenvalue weighted by Gasteiger charge is 2.54. The van der Waals surface area contributed by atoms with Crippen LogP contribution < -0.4 is 10.6 Å². The van der Waals surface area contributed by atoms with Gasteiger partial charge < -0.3 is 10.6 Å². The van der Waals surface area contributed by atoms with Gasteiger partial charge >= 0.3 is 12.2 Å². The molecule has 1 aromatic heterocycles. The Morgan fingerprint density at radius 1 is 1.10 bits per heavy atom. The molecule has 4 atom stereocenters. The molecule has 0 bridgehead atoms. The van der Waals surface area contributed by atoms with Gasteiger partial charge in [-0.05, 0) is 73.7 Å². The molecule has 6 rings (SSSR count). The molecule has 0 saturated heterocycles. The van der Waals surface area contributed by atoms with Crippen LogP contribution in [0.25, 0.3) is 11.8 Å². The number of anilines is 1. The van der Waals surface area contributed by atoms with Crippen LogP contribution in [0.1, 0.15) is 37.4 Å². The standard InChI is InChI=1S/C30H28F4N4O/c1-29-16-18-17-35-38(22-10-8-20(31)9-11-22)26(18)15-19(29)7-12-23-24(29)13-14-25(30(32,33)34)27(23)37-28(39)36-21-5-3-2-4-6-21/h2-6,8-11,13,15,17,23,25,27H,7,12,14,16H2,1H3,(H2,36,37,39)/t23?,25-,27-,29+/m1/s1. The molecule has 202 valence electrons. The largest absolute Gasteiger partial charge is 0.394 e. The molecule has 3 aliphatic rings. The summed E-state index contributed by atoms with van der Waals surface area (Å²) in [4.78, 5) is 12.9. The number of allylic oxidation sites excluding steroid dienone is 2. The molecule has 5 nitrogen and oxygen atoms in total. The van der Waals surface area contributed by atoms with E-state index in [0.29, 0.717) is 24.9 Å². The van der Waals surface area contributed by atoms with E-state index < -0.39 is 35.5 Å².